The maximum absolute atomic E-state index is 13.1. The van der Waals surface area contributed by atoms with E-state index in [0.29, 0.717) is 33.7 Å². The van der Waals surface area contributed by atoms with Gasteiger partial charge in [0.15, 0.2) is 23.0 Å². The van der Waals surface area contributed by atoms with Crippen LogP contribution >= 0.6 is 23.2 Å². The number of anilines is 1. The first kappa shape index (κ1) is 20.4. The number of hydrogen-bond acceptors (Lipinski definition) is 6. The van der Waals surface area contributed by atoms with E-state index < -0.39 is 5.91 Å². The lowest BCUT2D eigenvalue weighted by Gasteiger charge is -2.13. The van der Waals surface area contributed by atoms with E-state index in [9.17, 15) is 4.79 Å². The minimum Gasteiger partial charge on any atom is -0.493 e. The second-order valence-electron chi connectivity index (χ2n) is 7.06. The van der Waals surface area contributed by atoms with E-state index in [2.05, 4.69) is 15.6 Å². The minimum atomic E-state index is -0.418. The zero-order chi connectivity index (χ0) is 22.4. The molecule has 2 aromatic heterocycles. The summed E-state index contributed by atoms with van der Waals surface area (Å²) in [4.78, 5) is 13.1. The van der Waals surface area contributed by atoms with Crippen LogP contribution in [0.4, 0.5) is 5.82 Å². The van der Waals surface area contributed by atoms with Gasteiger partial charge in [-0.2, -0.15) is 5.10 Å². The highest BCUT2D eigenvalue weighted by Crippen LogP contribution is 2.45. The molecule has 0 unspecified atom stereocenters. The molecule has 1 N–H and O–H groups in total. The van der Waals surface area contributed by atoms with Crippen LogP contribution in [0, 0.1) is 0 Å². The van der Waals surface area contributed by atoms with Crippen molar-refractivity contribution in [1.82, 2.24) is 14.9 Å². The van der Waals surface area contributed by atoms with Crippen LogP contribution in [0.5, 0.6) is 11.5 Å². The fraction of sp³-hybridized carbons (Fsp3) is 0.136. The van der Waals surface area contributed by atoms with Crippen molar-refractivity contribution in [2.75, 3.05) is 19.5 Å². The van der Waals surface area contributed by atoms with Gasteiger partial charge in [0.05, 0.1) is 30.6 Å². The van der Waals surface area contributed by atoms with E-state index in [1.165, 1.54) is 6.26 Å². The Labute approximate surface area is 192 Å². The number of hydrogen-bond donors (Lipinski definition) is 1. The minimum absolute atomic E-state index is 0.244. The number of amides is 1. The van der Waals surface area contributed by atoms with Crippen LogP contribution in [-0.4, -0.2) is 35.1 Å². The second kappa shape index (κ2) is 7.89. The summed E-state index contributed by atoms with van der Waals surface area (Å²) in [5.41, 5.74) is 4.11. The topological polar surface area (TPSA) is 91.4 Å². The number of benzene rings is 2. The highest BCUT2D eigenvalue weighted by atomic mass is 35.5. The molecule has 0 bridgehead atoms. The maximum atomic E-state index is 13.1. The molecule has 2 heterocycles. The van der Waals surface area contributed by atoms with Crippen LogP contribution in [0.1, 0.15) is 21.6 Å². The van der Waals surface area contributed by atoms with Crippen molar-refractivity contribution in [3.8, 4) is 28.4 Å². The van der Waals surface area contributed by atoms with Crippen LogP contribution in [0.25, 0.3) is 16.9 Å². The highest BCUT2D eigenvalue weighted by Gasteiger charge is 2.33. The van der Waals surface area contributed by atoms with Gasteiger partial charge in [0.25, 0.3) is 5.91 Å². The lowest BCUT2D eigenvalue weighted by atomic mass is 10.1. The number of fused-ring (bicyclic) bond motifs is 3. The Morgan fingerprint density at radius 2 is 1.91 bits per heavy atom. The predicted molar refractivity (Wildman–Crippen MR) is 119 cm³/mol. The normalized spacial score (nSPS) is 11.8. The number of nitrogens with zero attached hydrogens (tertiary/aromatic N) is 3. The van der Waals surface area contributed by atoms with E-state index in [4.69, 9.17) is 37.2 Å². The molecule has 0 saturated carbocycles. The monoisotopic (exact) mass is 470 g/mol. The summed E-state index contributed by atoms with van der Waals surface area (Å²) < 4.78 is 17.4. The van der Waals surface area contributed by atoms with Crippen molar-refractivity contribution < 1.29 is 18.8 Å². The summed E-state index contributed by atoms with van der Waals surface area (Å²) >= 11 is 12.7. The number of aromatic nitrogens is 3. The van der Waals surface area contributed by atoms with Gasteiger partial charge in [-0.25, -0.2) is 4.68 Å². The second-order valence-corrected chi connectivity index (χ2v) is 7.91. The molecule has 2 aromatic carbocycles. The van der Waals surface area contributed by atoms with E-state index >= 15 is 0 Å². The Morgan fingerprint density at radius 3 is 2.62 bits per heavy atom. The molecule has 0 fully saturated rings. The first-order chi connectivity index (χ1) is 15.5. The molecule has 10 heteroatoms. The van der Waals surface area contributed by atoms with Crippen LogP contribution in [-0.2, 0) is 6.42 Å². The molecule has 32 heavy (non-hydrogen) atoms. The number of carbonyl (C=O) groups is 1. The summed E-state index contributed by atoms with van der Waals surface area (Å²) in [6.45, 7) is 0. The van der Waals surface area contributed by atoms with Crippen molar-refractivity contribution in [2.45, 2.75) is 6.42 Å². The molecule has 5 rings (SSSR count). The SMILES string of the molecule is COc1cc2c(cc1OC)-c1c(c(C(=O)Nc3ccon3)nn1-c1cc(Cl)ccc1Cl)C2. The van der Waals surface area contributed by atoms with Crippen molar-refractivity contribution in [3.05, 3.63) is 69.5 Å². The third-order valence-corrected chi connectivity index (χ3v) is 5.80. The standard InChI is InChI=1S/C22H16Cl2N4O4/c1-30-17-8-11-7-14-20(22(29)25-19-5-6-32-27-19)26-28(16-9-12(23)3-4-15(16)24)21(14)13(11)10-18(17)31-2/h3-6,8-10H,7H2,1-2H3,(H,25,27,29). The lowest BCUT2D eigenvalue weighted by molar-refractivity contribution is 0.102. The molecule has 1 aliphatic carbocycles. The Hall–Kier alpha value is -3.49. The van der Waals surface area contributed by atoms with Crippen molar-refractivity contribution in [2.24, 2.45) is 0 Å². The third kappa shape index (κ3) is 3.28. The average Bonchev–Trinajstić information content (AvgIpc) is 3.50. The molecule has 0 radical (unpaired) electrons. The molecule has 0 saturated heterocycles. The summed E-state index contributed by atoms with van der Waals surface area (Å²) in [6.07, 6.45) is 1.85. The molecular formula is C22H16Cl2N4O4. The van der Waals surface area contributed by atoms with Crippen molar-refractivity contribution in [3.63, 3.8) is 0 Å². The van der Waals surface area contributed by atoms with Crippen LogP contribution in [0.3, 0.4) is 0 Å². The average molecular weight is 471 g/mol. The fourth-order valence-corrected chi connectivity index (χ4v) is 4.19. The summed E-state index contributed by atoms with van der Waals surface area (Å²) in [5.74, 6) is 1.04. The number of rotatable bonds is 5. The zero-order valence-electron chi connectivity index (χ0n) is 17.0. The molecule has 162 valence electrons. The number of carbonyl (C=O) groups excluding carboxylic acids is 1. The van der Waals surface area contributed by atoms with Gasteiger partial charge in [-0.1, -0.05) is 28.4 Å². The number of ether oxygens (including phenoxy) is 2. The number of nitrogens with one attached hydrogen (secondary N) is 1. The maximum Gasteiger partial charge on any atom is 0.277 e. The van der Waals surface area contributed by atoms with Crippen LogP contribution < -0.4 is 14.8 Å². The van der Waals surface area contributed by atoms with Gasteiger partial charge in [0.2, 0.25) is 0 Å². The summed E-state index contributed by atoms with van der Waals surface area (Å²) in [5, 5.41) is 12.0. The molecule has 1 aliphatic rings. The smallest absolute Gasteiger partial charge is 0.277 e. The molecule has 0 spiro atoms. The Kier molecular flexibility index (Phi) is 5.03. The van der Waals surface area contributed by atoms with Crippen molar-refractivity contribution >= 4 is 34.9 Å². The van der Waals surface area contributed by atoms with Gasteiger partial charge in [0.1, 0.15) is 6.26 Å². The highest BCUT2D eigenvalue weighted by molar-refractivity contribution is 6.34. The molecular weight excluding hydrogens is 455 g/mol. The van der Waals surface area contributed by atoms with E-state index in [1.54, 1.807) is 43.2 Å². The first-order valence-electron chi connectivity index (χ1n) is 9.54. The van der Waals surface area contributed by atoms with Gasteiger partial charge in [-0.05, 0) is 35.9 Å². The van der Waals surface area contributed by atoms with Gasteiger partial charge in [-0.15, -0.1) is 0 Å². The van der Waals surface area contributed by atoms with Crippen LogP contribution in [0.15, 0.2) is 47.2 Å². The van der Waals surface area contributed by atoms with Gasteiger partial charge in [-0.3, -0.25) is 4.79 Å². The lowest BCUT2D eigenvalue weighted by Crippen LogP contribution is -2.15. The van der Waals surface area contributed by atoms with E-state index in [-0.39, 0.29) is 11.5 Å². The quantitative estimate of drug-likeness (QED) is 0.388. The van der Waals surface area contributed by atoms with Gasteiger partial charge >= 0.3 is 0 Å². The van der Waals surface area contributed by atoms with Crippen LogP contribution in [0.2, 0.25) is 10.0 Å². The first-order valence-corrected chi connectivity index (χ1v) is 10.3. The molecule has 0 atom stereocenters. The fourth-order valence-electron chi connectivity index (χ4n) is 3.83. The molecule has 1 amide bonds. The van der Waals surface area contributed by atoms with Crippen molar-refractivity contribution in [1.29, 1.82) is 0 Å². The van der Waals surface area contributed by atoms with E-state index in [1.807, 2.05) is 12.1 Å². The number of halogens is 2. The summed E-state index contributed by atoms with van der Waals surface area (Å²) in [7, 11) is 3.15. The molecule has 4 aromatic rings. The van der Waals surface area contributed by atoms with Gasteiger partial charge < -0.3 is 19.3 Å². The third-order valence-electron chi connectivity index (χ3n) is 5.25. The predicted octanol–water partition coefficient (Wildman–Crippen LogP) is 5.01. The Balaban J connectivity index is 1.72. The van der Waals surface area contributed by atoms with Gasteiger partial charge in [0, 0.05) is 28.6 Å². The number of methoxy groups -OCH3 is 2. The molecule has 0 aliphatic heterocycles. The zero-order valence-corrected chi connectivity index (χ0v) is 18.5. The molecule has 8 nitrogen and oxygen atoms in total. The Bertz CT molecular complexity index is 1350. The Morgan fingerprint density at radius 1 is 1.12 bits per heavy atom. The van der Waals surface area contributed by atoms with E-state index in [0.717, 1.165) is 22.4 Å². The summed E-state index contributed by atoms with van der Waals surface area (Å²) in [6, 6.07) is 10.4. The largest absolute Gasteiger partial charge is 0.493 e.